The smallest absolute Gasteiger partial charge is 0.308 e. The van der Waals surface area contributed by atoms with E-state index in [1.165, 1.54) is 0 Å². The molecular weight excluding hydrogens is 452 g/mol. The van der Waals surface area contributed by atoms with Gasteiger partial charge in [-0.1, -0.05) is 0 Å². The van der Waals surface area contributed by atoms with E-state index >= 15 is 0 Å². The van der Waals surface area contributed by atoms with Gasteiger partial charge in [-0.2, -0.15) is 0 Å². The average Bonchev–Trinajstić information content (AvgIpc) is 2.83. The minimum absolute atomic E-state index is 0.247. The zero-order chi connectivity index (χ0) is 24.8. The molecule has 0 aliphatic rings. The molecule has 0 unspecified atom stereocenters. The number of carbonyl (C=O) groups is 1. The number of rotatable bonds is 29. The number of carbonyl (C=O) groups excluding carboxylic acids is 1. The molecule has 0 rings (SSSR count). The summed E-state index contributed by atoms with van der Waals surface area (Å²) in [5.41, 5.74) is 0. The van der Waals surface area contributed by atoms with Gasteiger partial charge in [0.15, 0.2) is 0 Å². The Morgan fingerprint density at radius 2 is 0.647 bits per heavy atom. The standard InChI is InChI=1S/C23H46O11/c1-3-25-7-8-27-11-12-29-15-16-31-19-20-33-22-21-32-18-17-30-14-13-28-10-9-26-6-5-23(24)34-4-2/h3-22H2,1-2H3. The molecule has 11 heteroatoms. The first kappa shape index (κ1) is 33.1. The van der Waals surface area contributed by atoms with Crippen LogP contribution in [0.2, 0.25) is 0 Å². The number of hydrogen-bond donors (Lipinski definition) is 0. The summed E-state index contributed by atoms with van der Waals surface area (Å²) in [6.07, 6.45) is 0.262. The fraction of sp³-hybridized carbons (Fsp3) is 0.957. The summed E-state index contributed by atoms with van der Waals surface area (Å²) < 4.78 is 53.0. The monoisotopic (exact) mass is 498 g/mol. The van der Waals surface area contributed by atoms with Crippen molar-refractivity contribution in [2.45, 2.75) is 20.3 Å². The van der Waals surface area contributed by atoms with Crippen molar-refractivity contribution in [3.63, 3.8) is 0 Å². The average molecular weight is 499 g/mol. The Morgan fingerprint density at radius 1 is 0.382 bits per heavy atom. The van der Waals surface area contributed by atoms with Gasteiger partial charge in [0.25, 0.3) is 0 Å². The van der Waals surface area contributed by atoms with E-state index in [2.05, 4.69) is 0 Å². The van der Waals surface area contributed by atoms with E-state index < -0.39 is 0 Å². The Hall–Kier alpha value is -0.890. The lowest BCUT2D eigenvalue weighted by atomic mass is 10.5. The number of ether oxygens (including phenoxy) is 10. The van der Waals surface area contributed by atoms with Crippen molar-refractivity contribution in [1.82, 2.24) is 0 Å². The fourth-order valence-electron chi connectivity index (χ4n) is 2.29. The SMILES string of the molecule is CCOCCOCCOCCOCCOCCOCCOCCOCCOCCC(=O)OCC. The van der Waals surface area contributed by atoms with Gasteiger partial charge in [0, 0.05) is 6.61 Å². The summed E-state index contributed by atoms with van der Waals surface area (Å²) in [5.74, 6) is -0.247. The van der Waals surface area contributed by atoms with Gasteiger partial charge in [-0.25, -0.2) is 0 Å². The van der Waals surface area contributed by atoms with Gasteiger partial charge in [-0.05, 0) is 13.8 Å². The molecule has 0 N–H and O–H groups in total. The van der Waals surface area contributed by atoms with Gasteiger partial charge in [-0.15, -0.1) is 0 Å². The maximum atomic E-state index is 11.1. The quantitative estimate of drug-likeness (QED) is 0.109. The molecule has 0 aliphatic heterocycles. The van der Waals surface area contributed by atoms with Gasteiger partial charge in [0.05, 0.1) is 125 Å². The second kappa shape index (κ2) is 30.1. The summed E-state index contributed by atoms with van der Waals surface area (Å²) >= 11 is 0. The molecule has 0 heterocycles. The summed E-state index contributed by atoms with van der Waals surface area (Å²) in [5, 5.41) is 0. The minimum Gasteiger partial charge on any atom is -0.466 e. The van der Waals surface area contributed by atoms with Crippen LogP contribution in [0.5, 0.6) is 0 Å². The Bertz CT molecular complexity index is 399. The molecule has 11 nitrogen and oxygen atoms in total. The van der Waals surface area contributed by atoms with Crippen molar-refractivity contribution in [3.8, 4) is 0 Å². The molecule has 204 valence electrons. The van der Waals surface area contributed by atoms with E-state index in [1.54, 1.807) is 6.92 Å². The number of esters is 1. The molecule has 0 aromatic carbocycles. The van der Waals surface area contributed by atoms with Crippen LogP contribution in [-0.4, -0.2) is 132 Å². The molecular formula is C23H46O11. The van der Waals surface area contributed by atoms with Gasteiger partial charge < -0.3 is 47.4 Å². The summed E-state index contributed by atoms with van der Waals surface area (Å²) in [7, 11) is 0. The van der Waals surface area contributed by atoms with Crippen LogP contribution < -0.4 is 0 Å². The topological polar surface area (TPSA) is 109 Å². The third-order valence-electron chi connectivity index (χ3n) is 3.94. The molecule has 0 aliphatic carbocycles. The van der Waals surface area contributed by atoms with Crippen LogP contribution >= 0.6 is 0 Å². The first-order valence-corrected chi connectivity index (χ1v) is 12.2. The van der Waals surface area contributed by atoms with E-state index in [4.69, 9.17) is 47.4 Å². The maximum absolute atomic E-state index is 11.1. The van der Waals surface area contributed by atoms with Crippen molar-refractivity contribution in [1.29, 1.82) is 0 Å². The molecule has 0 bridgehead atoms. The molecule has 0 saturated carbocycles. The summed E-state index contributed by atoms with van der Waals surface area (Å²) in [6.45, 7) is 13.5. The Labute approximate surface area is 204 Å². The largest absolute Gasteiger partial charge is 0.466 e. The lowest BCUT2D eigenvalue weighted by molar-refractivity contribution is -0.144. The van der Waals surface area contributed by atoms with Crippen LogP contribution in [0.15, 0.2) is 0 Å². The molecule has 0 spiro atoms. The van der Waals surface area contributed by atoms with E-state index in [1.807, 2.05) is 6.92 Å². The van der Waals surface area contributed by atoms with Crippen molar-refractivity contribution in [2.24, 2.45) is 0 Å². The van der Waals surface area contributed by atoms with Crippen LogP contribution in [0.1, 0.15) is 20.3 Å². The lowest BCUT2D eigenvalue weighted by Gasteiger charge is -2.08. The fourth-order valence-corrected chi connectivity index (χ4v) is 2.29. The van der Waals surface area contributed by atoms with E-state index in [0.29, 0.717) is 126 Å². The maximum Gasteiger partial charge on any atom is 0.308 e. The van der Waals surface area contributed by atoms with E-state index in [9.17, 15) is 4.79 Å². The van der Waals surface area contributed by atoms with Gasteiger partial charge >= 0.3 is 5.97 Å². The molecule has 34 heavy (non-hydrogen) atoms. The number of hydrogen-bond acceptors (Lipinski definition) is 11. The third-order valence-corrected chi connectivity index (χ3v) is 3.94. The van der Waals surface area contributed by atoms with Gasteiger partial charge in [0.2, 0.25) is 0 Å². The highest BCUT2D eigenvalue weighted by Crippen LogP contribution is 1.89. The van der Waals surface area contributed by atoms with Crippen molar-refractivity contribution in [2.75, 3.05) is 126 Å². The predicted octanol–water partition coefficient (Wildman–Crippen LogP) is 1.11. The lowest BCUT2D eigenvalue weighted by Crippen LogP contribution is -2.15. The van der Waals surface area contributed by atoms with Crippen LogP contribution in [0, 0.1) is 0 Å². The van der Waals surface area contributed by atoms with E-state index in [-0.39, 0.29) is 12.4 Å². The molecule has 0 atom stereocenters. The third kappa shape index (κ3) is 29.1. The highest BCUT2D eigenvalue weighted by Gasteiger charge is 2.00. The van der Waals surface area contributed by atoms with E-state index in [0.717, 1.165) is 0 Å². The van der Waals surface area contributed by atoms with Crippen LogP contribution in [0.3, 0.4) is 0 Å². The zero-order valence-corrected chi connectivity index (χ0v) is 21.1. The highest BCUT2D eigenvalue weighted by atomic mass is 16.6. The zero-order valence-electron chi connectivity index (χ0n) is 21.1. The molecule has 0 fully saturated rings. The minimum atomic E-state index is -0.247. The van der Waals surface area contributed by atoms with Crippen LogP contribution in [0.4, 0.5) is 0 Å². The molecule has 0 amide bonds. The van der Waals surface area contributed by atoms with Crippen LogP contribution in [0.25, 0.3) is 0 Å². The first-order valence-electron chi connectivity index (χ1n) is 12.2. The van der Waals surface area contributed by atoms with Gasteiger partial charge in [-0.3, -0.25) is 4.79 Å². The summed E-state index contributed by atoms with van der Waals surface area (Å²) in [6, 6.07) is 0. The van der Waals surface area contributed by atoms with Gasteiger partial charge in [0.1, 0.15) is 0 Å². The normalized spacial score (nSPS) is 11.2. The first-order chi connectivity index (χ1) is 16.8. The van der Waals surface area contributed by atoms with Crippen molar-refractivity contribution < 1.29 is 52.2 Å². The van der Waals surface area contributed by atoms with Crippen molar-refractivity contribution >= 4 is 5.97 Å². The second-order valence-corrected chi connectivity index (χ2v) is 6.65. The molecule has 0 aromatic heterocycles. The molecule has 0 saturated heterocycles. The Kier molecular flexibility index (Phi) is 29.4. The highest BCUT2D eigenvalue weighted by molar-refractivity contribution is 5.69. The molecule has 0 aromatic rings. The Balaban J connectivity index is 3.03. The van der Waals surface area contributed by atoms with Crippen molar-refractivity contribution in [3.05, 3.63) is 0 Å². The second-order valence-electron chi connectivity index (χ2n) is 6.65. The molecule has 0 radical (unpaired) electrons. The Morgan fingerprint density at radius 3 is 0.912 bits per heavy atom. The van der Waals surface area contributed by atoms with Crippen LogP contribution in [-0.2, 0) is 52.2 Å². The predicted molar refractivity (Wildman–Crippen MR) is 124 cm³/mol. The summed E-state index contributed by atoms with van der Waals surface area (Å²) in [4.78, 5) is 11.1.